The molecule has 0 aliphatic heterocycles. The van der Waals surface area contributed by atoms with Crippen molar-refractivity contribution in [3.05, 3.63) is 11.1 Å². The van der Waals surface area contributed by atoms with Crippen molar-refractivity contribution in [2.75, 3.05) is 6.61 Å². The molecule has 0 N–H and O–H groups in total. The summed E-state index contributed by atoms with van der Waals surface area (Å²) in [6.45, 7) is 24.8. The molecule has 0 saturated heterocycles. The van der Waals surface area contributed by atoms with Gasteiger partial charge in [0.25, 0.3) is 0 Å². The molecule has 0 radical (unpaired) electrons. The predicted molar refractivity (Wildman–Crippen MR) is 108 cm³/mol. The number of hydrogen-bond acceptors (Lipinski definition) is 3. The molecular formula is C19H38O3Si2. The molecule has 0 spiro atoms. The van der Waals surface area contributed by atoms with Crippen molar-refractivity contribution in [3.8, 4) is 0 Å². The molecule has 1 aliphatic carbocycles. The van der Waals surface area contributed by atoms with Gasteiger partial charge >= 0.3 is 0 Å². The summed E-state index contributed by atoms with van der Waals surface area (Å²) >= 11 is 0. The normalized spacial score (nSPS) is 21.0. The first-order valence-electron chi connectivity index (χ1n) is 9.04. The average molecular weight is 371 g/mol. The van der Waals surface area contributed by atoms with E-state index in [1.807, 2.05) is 6.92 Å². The zero-order valence-corrected chi connectivity index (χ0v) is 19.7. The highest BCUT2D eigenvalue weighted by molar-refractivity contribution is 6.74. The Morgan fingerprint density at radius 1 is 0.958 bits per heavy atom. The fraction of sp³-hybridized carbons (Fsp3) is 0.842. The van der Waals surface area contributed by atoms with Crippen molar-refractivity contribution >= 4 is 22.4 Å². The SMILES string of the molecule is CC1=C(CO[Si](C)(C)C(C)(C)C)C(=O)CC1O[Si](C)(C)C(C)(C)C. The molecule has 3 nitrogen and oxygen atoms in total. The zero-order chi connectivity index (χ0) is 19.1. The van der Waals surface area contributed by atoms with Crippen LogP contribution in [0.4, 0.5) is 0 Å². The second-order valence-electron chi connectivity index (χ2n) is 10.2. The molecular weight excluding hydrogens is 332 g/mol. The van der Waals surface area contributed by atoms with Crippen LogP contribution < -0.4 is 0 Å². The summed E-state index contributed by atoms with van der Waals surface area (Å²) in [4.78, 5) is 12.5. The molecule has 1 atom stereocenters. The molecule has 1 rings (SSSR count). The largest absolute Gasteiger partial charge is 0.412 e. The molecule has 140 valence electrons. The fourth-order valence-corrected chi connectivity index (χ4v) is 4.45. The van der Waals surface area contributed by atoms with Gasteiger partial charge in [-0.2, -0.15) is 0 Å². The summed E-state index contributed by atoms with van der Waals surface area (Å²) in [5.74, 6) is 0.204. The molecule has 0 aromatic rings. The second-order valence-corrected chi connectivity index (χ2v) is 19.8. The maximum atomic E-state index is 12.5. The van der Waals surface area contributed by atoms with Crippen LogP contribution in [0.25, 0.3) is 0 Å². The van der Waals surface area contributed by atoms with Gasteiger partial charge in [0.2, 0.25) is 0 Å². The Balaban J connectivity index is 2.89. The molecule has 5 heteroatoms. The van der Waals surface area contributed by atoms with Crippen molar-refractivity contribution in [3.63, 3.8) is 0 Å². The van der Waals surface area contributed by atoms with Crippen molar-refractivity contribution in [1.29, 1.82) is 0 Å². The van der Waals surface area contributed by atoms with E-state index in [2.05, 4.69) is 67.7 Å². The Morgan fingerprint density at radius 3 is 1.83 bits per heavy atom. The van der Waals surface area contributed by atoms with E-state index in [0.29, 0.717) is 13.0 Å². The van der Waals surface area contributed by atoms with E-state index in [1.54, 1.807) is 0 Å². The van der Waals surface area contributed by atoms with Crippen LogP contribution in [0.3, 0.4) is 0 Å². The lowest BCUT2D eigenvalue weighted by Gasteiger charge is -2.38. The van der Waals surface area contributed by atoms with Crippen LogP contribution in [0.5, 0.6) is 0 Å². The highest BCUT2D eigenvalue weighted by Gasteiger charge is 2.43. The second kappa shape index (κ2) is 6.82. The van der Waals surface area contributed by atoms with E-state index in [9.17, 15) is 4.79 Å². The highest BCUT2D eigenvalue weighted by Crippen LogP contribution is 2.41. The average Bonchev–Trinajstić information content (AvgIpc) is 2.59. The van der Waals surface area contributed by atoms with Crippen LogP contribution in [0.2, 0.25) is 36.3 Å². The van der Waals surface area contributed by atoms with Gasteiger partial charge in [0.1, 0.15) is 0 Å². The van der Waals surface area contributed by atoms with Crippen molar-refractivity contribution < 1.29 is 13.6 Å². The zero-order valence-electron chi connectivity index (χ0n) is 17.7. The third-order valence-electron chi connectivity index (χ3n) is 6.29. The summed E-state index contributed by atoms with van der Waals surface area (Å²) in [6.07, 6.45) is 0.422. The monoisotopic (exact) mass is 370 g/mol. The van der Waals surface area contributed by atoms with Crippen molar-refractivity contribution in [1.82, 2.24) is 0 Å². The van der Waals surface area contributed by atoms with E-state index in [-0.39, 0.29) is 22.0 Å². The Bertz CT molecular complexity index is 520. The number of carbonyl (C=O) groups excluding carboxylic acids is 1. The van der Waals surface area contributed by atoms with Crippen molar-refractivity contribution in [2.24, 2.45) is 0 Å². The van der Waals surface area contributed by atoms with Gasteiger partial charge in [0.15, 0.2) is 22.4 Å². The standard InChI is InChI=1S/C19H38O3Si2/c1-14-15(13-21-23(8,9)18(2,3)4)16(20)12-17(14)22-24(10,11)19(5,6)7/h17H,12-13H2,1-11H3. The topological polar surface area (TPSA) is 35.5 Å². The number of ketones is 1. The summed E-state index contributed by atoms with van der Waals surface area (Å²) in [5, 5.41) is 0.302. The lowest BCUT2D eigenvalue weighted by molar-refractivity contribution is -0.116. The molecule has 0 fully saturated rings. The first-order valence-corrected chi connectivity index (χ1v) is 14.9. The minimum absolute atomic E-state index is 0.0589. The summed E-state index contributed by atoms with van der Waals surface area (Å²) < 4.78 is 12.8. The smallest absolute Gasteiger partial charge is 0.192 e. The van der Waals surface area contributed by atoms with Crippen LogP contribution in [0, 0.1) is 0 Å². The van der Waals surface area contributed by atoms with Gasteiger partial charge in [-0.1, -0.05) is 41.5 Å². The fourth-order valence-electron chi connectivity index (χ4n) is 2.18. The van der Waals surface area contributed by atoms with Crippen LogP contribution in [-0.4, -0.2) is 35.1 Å². The van der Waals surface area contributed by atoms with Crippen LogP contribution in [-0.2, 0) is 13.6 Å². The minimum Gasteiger partial charge on any atom is -0.412 e. The maximum Gasteiger partial charge on any atom is 0.192 e. The van der Waals surface area contributed by atoms with Crippen molar-refractivity contribution in [2.45, 2.75) is 97.3 Å². The lowest BCUT2D eigenvalue weighted by Crippen LogP contribution is -2.43. The van der Waals surface area contributed by atoms with E-state index in [1.165, 1.54) is 0 Å². The molecule has 0 saturated carbocycles. The first kappa shape index (κ1) is 21.8. The lowest BCUT2D eigenvalue weighted by atomic mass is 10.2. The molecule has 0 heterocycles. The van der Waals surface area contributed by atoms with Gasteiger partial charge in [-0.15, -0.1) is 0 Å². The number of carbonyl (C=O) groups is 1. The quantitative estimate of drug-likeness (QED) is 0.583. The Kier molecular flexibility index (Phi) is 6.20. The molecule has 1 unspecified atom stereocenters. The van der Waals surface area contributed by atoms with Gasteiger partial charge in [0, 0.05) is 12.0 Å². The molecule has 0 aromatic heterocycles. The molecule has 0 amide bonds. The summed E-state index contributed by atoms with van der Waals surface area (Å²) in [7, 11) is -3.73. The number of hydrogen-bond donors (Lipinski definition) is 0. The van der Waals surface area contributed by atoms with E-state index in [0.717, 1.165) is 11.1 Å². The third-order valence-corrected chi connectivity index (χ3v) is 15.3. The maximum absolute atomic E-state index is 12.5. The first-order chi connectivity index (χ1) is 10.5. The Labute approximate surface area is 151 Å². The van der Waals surface area contributed by atoms with Crippen LogP contribution in [0.1, 0.15) is 54.9 Å². The van der Waals surface area contributed by atoms with Gasteiger partial charge in [-0.25, -0.2) is 0 Å². The highest BCUT2D eigenvalue weighted by atomic mass is 28.4. The van der Waals surface area contributed by atoms with E-state index >= 15 is 0 Å². The molecule has 1 aliphatic rings. The van der Waals surface area contributed by atoms with Crippen LogP contribution >= 0.6 is 0 Å². The van der Waals surface area contributed by atoms with Gasteiger partial charge in [-0.05, 0) is 48.8 Å². The van der Waals surface area contributed by atoms with E-state index in [4.69, 9.17) is 8.85 Å². The number of rotatable bonds is 5. The molecule has 0 bridgehead atoms. The Hall–Kier alpha value is -0.236. The van der Waals surface area contributed by atoms with E-state index < -0.39 is 16.6 Å². The number of Topliss-reactive ketones (excluding diaryl/α,β-unsaturated/α-hetero) is 1. The van der Waals surface area contributed by atoms with Gasteiger partial charge in [-0.3, -0.25) is 4.79 Å². The van der Waals surface area contributed by atoms with Crippen LogP contribution in [0.15, 0.2) is 11.1 Å². The summed E-state index contributed by atoms with van der Waals surface area (Å²) in [5.41, 5.74) is 1.94. The van der Waals surface area contributed by atoms with Gasteiger partial charge in [0.05, 0.1) is 12.7 Å². The summed E-state index contributed by atoms with van der Waals surface area (Å²) in [6, 6.07) is 0. The Morgan fingerprint density at radius 2 is 1.42 bits per heavy atom. The third kappa shape index (κ3) is 4.68. The minimum atomic E-state index is -1.88. The predicted octanol–water partition coefficient (Wildman–Crippen LogP) is 5.69. The molecule has 0 aromatic carbocycles. The van der Waals surface area contributed by atoms with Gasteiger partial charge < -0.3 is 8.85 Å². The molecule has 24 heavy (non-hydrogen) atoms.